The third-order valence-electron chi connectivity index (χ3n) is 5.52. The quantitative estimate of drug-likeness (QED) is 0.435. The number of benzene rings is 2. The molecule has 1 aliphatic heterocycles. The smallest absolute Gasteiger partial charge is 0.345 e. The maximum Gasteiger partial charge on any atom is 0.345 e. The van der Waals surface area contributed by atoms with Gasteiger partial charge in [-0.2, -0.15) is 0 Å². The van der Waals surface area contributed by atoms with E-state index in [-0.39, 0.29) is 12.6 Å². The summed E-state index contributed by atoms with van der Waals surface area (Å²) in [7, 11) is 0.334. The third kappa shape index (κ3) is 3.80. The zero-order valence-corrected chi connectivity index (χ0v) is 16.4. The molecule has 0 radical (unpaired) electrons. The summed E-state index contributed by atoms with van der Waals surface area (Å²) < 4.78 is 11.4. The molecule has 0 N–H and O–H groups in total. The predicted octanol–water partition coefficient (Wildman–Crippen LogP) is 4.48. The number of terminal acetylenes is 1. The lowest BCUT2D eigenvalue weighted by molar-refractivity contribution is -0.156. The van der Waals surface area contributed by atoms with Crippen molar-refractivity contribution in [1.29, 1.82) is 0 Å². The number of carbonyl (C=O) groups excluding carboxylic acids is 1. The van der Waals surface area contributed by atoms with E-state index in [1.54, 1.807) is 0 Å². The van der Waals surface area contributed by atoms with Crippen LogP contribution in [0.1, 0.15) is 38.5 Å². The summed E-state index contributed by atoms with van der Waals surface area (Å²) in [4.78, 5) is 13.7. The molecule has 0 bridgehead atoms. The van der Waals surface area contributed by atoms with Crippen molar-refractivity contribution in [2.24, 2.45) is 0 Å². The van der Waals surface area contributed by atoms with Gasteiger partial charge in [0.1, 0.15) is 17.3 Å². The van der Waals surface area contributed by atoms with Crippen LogP contribution in [0.4, 0.5) is 0 Å². The normalized spacial score (nSPS) is 19.1. The van der Waals surface area contributed by atoms with Gasteiger partial charge in [0.25, 0.3) is 0 Å². The summed E-state index contributed by atoms with van der Waals surface area (Å²) in [6, 6.07) is 12.5. The molecule has 1 heterocycles. The van der Waals surface area contributed by atoms with Gasteiger partial charge in [-0.05, 0) is 56.7 Å². The van der Waals surface area contributed by atoms with Crippen LogP contribution in [0, 0.1) is 12.3 Å². The molecule has 4 heteroatoms. The van der Waals surface area contributed by atoms with Gasteiger partial charge in [-0.15, -0.1) is 6.42 Å². The fourth-order valence-corrected chi connectivity index (χ4v) is 6.60. The topological polar surface area (TPSA) is 35.5 Å². The van der Waals surface area contributed by atoms with Crippen molar-refractivity contribution < 1.29 is 14.3 Å². The summed E-state index contributed by atoms with van der Waals surface area (Å²) >= 11 is 0. The highest BCUT2D eigenvalue weighted by Gasteiger charge is 2.36. The molecular weight excluding hydrogens is 356 g/mol. The number of hydrogen-bond donors (Lipinski definition) is 0. The van der Waals surface area contributed by atoms with Gasteiger partial charge in [-0.3, -0.25) is 0 Å². The fourth-order valence-electron chi connectivity index (χ4n) is 4.10. The van der Waals surface area contributed by atoms with Crippen LogP contribution in [0.3, 0.4) is 0 Å². The fraction of sp³-hybridized carbons (Fsp3) is 0.435. The highest BCUT2D eigenvalue weighted by atomic mass is 32.2. The van der Waals surface area contributed by atoms with Gasteiger partial charge in [0, 0.05) is 21.7 Å². The Morgan fingerprint density at radius 1 is 1.04 bits per heavy atom. The Bertz CT molecular complexity index is 871. The van der Waals surface area contributed by atoms with Crippen LogP contribution in [0.25, 0.3) is 10.8 Å². The first-order valence-corrected chi connectivity index (χ1v) is 11.3. The van der Waals surface area contributed by atoms with Crippen LogP contribution >= 0.6 is 0 Å². The molecule has 0 unspecified atom stereocenters. The van der Waals surface area contributed by atoms with Crippen LogP contribution < -0.4 is 4.74 Å². The van der Waals surface area contributed by atoms with Crippen LogP contribution in [0.2, 0.25) is 0 Å². The van der Waals surface area contributed by atoms with Gasteiger partial charge in [0.15, 0.2) is 17.1 Å². The standard InChI is InChI=1S/C23H25O3S/c1-2-23(13-5-6-14-23)26-22(24)17-25-20-11-12-21(27-15-7-8-16-27)19-10-4-3-9-18(19)20/h1,3-4,9-12H,5-8,13-17H2/q+1. The maximum absolute atomic E-state index is 12.3. The van der Waals surface area contributed by atoms with Crippen molar-refractivity contribution in [2.75, 3.05) is 18.1 Å². The van der Waals surface area contributed by atoms with E-state index < -0.39 is 5.60 Å². The van der Waals surface area contributed by atoms with Gasteiger partial charge < -0.3 is 9.47 Å². The van der Waals surface area contributed by atoms with Crippen molar-refractivity contribution >= 4 is 27.6 Å². The SMILES string of the molecule is C#CC1(OC(=O)COc2ccc([S+]3CCCC3)c3ccccc23)CCCC1. The minimum Gasteiger partial charge on any atom is -0.481 e. The highest BCUT2D eigenvalue weighted by molar-refractivity contribution is 7.97. The molecule has 1 saturated heterocycles. The van der Waals surface area contributed by atoms with Gasteiger partial charge in [-0.1, -0.05) is 24.1 Å². The Morgan fingerprint density at radius 2 is 1.74 bits per heavy atom. The second-order valence-corrected chi connectivity index (χ2v) is 9.57. The van der Waals surface area contributed by atoms with Crippen LogP contribution in [0.5, 0.6) is 5.75 Å². The predicted molar refractivity (Wildman–Crippen MR) is 110 cm³/mol. The van der Waals surface area contributed by atoms with Crippen LogP contribution in [-0.4, -0.2) is 29.7 Å². The number of fused-ring (bicyclic) bond motifs is 1. The van der Waals surface area contributed by atoms with Crippen LogP contribution in [0.15, 0.2) is 41.3 Å². The maximum atomic E-state index is 12.3. The molecule has 0 aromatic heterocycles. The Morgan fingerprint density at radius 3 is 2.44 bits per heavy atom. The molecule has 27 heavy (non-hydrogen) atoms. The molecular formula is C23H25O3S+. The first-order valence-electron chi connectivity index (χ1n) is 9.72. The molecule has 1 saturated carbocycles. The average Bonchev–Trinajstić information content (AvgIpc) is 3.39. The molecule has 2 aliphatic rings. The summed E-state index contributed by atoms with van der Waals surface area (Å²) in [5.74, 6) is 5.59. The van der Waals surface area contributed by atoms with Crippen molar-refractivity contribution in [3.05, 3.63) is 36.4 Å². The summed E-state index contributed by atoms with van der Waals surface area (Å²) in [5, 5.41) is 2.30. The lowest BCUT2D eigenvalue weighted by atomic mass is 10.0. The van der Waals surface area contributed by atoms with E-state index in [4.69, 9.17) is 15.9 Å². The Labute approximate surface area is 163 Å². The molecule has 0 spiro atoms. The summed E-state index contributed by atoms with van der Waals surface area (Å²) in [6.45, 7) is -0.113. The zero-order valence-electron chi connectivity index (χ0n) is 15.5. The van der Waals surface area contributed by atoms with E-state index in [0.717, 1.165) is 36.8 Å². The third-order valence-corrected chi connectivity index (χ3v) is 8.06. The second-order valence-electron chi connectivity index (χ2n) is 7.32. The Kier molecular flexibility index (Phi) is 5.31. The lowest BCUT2D eigenvalue weighted by Gasteiger charge is -2.23. The van der Waals surface area contributed by atoms with E-state index in [0.29, 0.717) is 10.9 Å². The van der Waals surface area contributed by atoms with Gasteiger partial charge >= 0.3 is 5.97 Å². The van der Waals surface area contributed by atoms with E-state index in [1.165, 1.54) is 34.6 Å². The molecule has 140 valence electrons. The molecule has 0 amide bonds. The van der Waals surface area contributed by atoms with Crippen molar-refractivity contribution in [2.45, 2.75) is 49.0 Å². The molecule has 3 nitrogen and oxygen atoms in total. The van der Waals surface area contributed by atoms with Crippen molar-refractivity contribution in [3.8, 4) is 18.1 Å². The van der Waals surface area contributed by atoms with Crippen LogP contribution in [-0.2, 0) is 20.4 Å². The number of ether oxygens (including phenoxy) is 2. The molecule has 2 aromatic carbocycles. The van der Waals surface area contributed by atoms with Gasteiger partial charge in [0.05, 0.1) is 0 Å². The average molecular weight is 382 g/mol. The first-order chi connectivity index (χ1) is 13.2. The zero-order chi connectivity index (χ0) is 18.7. The lowest BCUT2D eigenvalue weighted by Crippen LogP contribution is -2.32. The molecule has 4 rings (SSSR count). The minimum absolute atomic E-state index is 0.113. The number of hydrogen-bond acceptors (Lipinski definition) is 3. The molecule has 2 fully saturated rings. The monoisotopic (exact) mass is 381 g/mol. The second kappa shape index (κ2) is 7.86. The van der Waals surface area contributed by atoms with Gasteiger partial charge in [0.2, 0.25) is 0 Å². The highest BCUT2D eigenvalue weighted by Crippen LogP contribution is 2.35. The number of rotatable bonds is 5. The molecule has 1 aliphatic carbocycles. The largest absolute Gasteiger partial charge is 0.481 e. The Balaban J connectivity index is 1.50. The van der Waals surface area contributed by atoms with E-state index in [2.05, 4.69) is 30.2 Å². The number of carbonyl (C=O) groups is 1. The Hall–Kier alpha value is -2.12. The first kappa shape index (κ1) is 18.3. The summed E-state index contributed by atoms with van der Waals surface area (Å²) in [5.41, 5.74) is -0.726. The molecule has 0 atom stereocenters. The van der Waals surface area contributed by atoms with E-state index in [9.17, 15) is 4.79 Å². The van der Waals surface area contributed by atoms with E-state index in [1.807, 2.05) is 12.1 Å². The van der Waals surface area contributed by atoms with Crippen molar-refractivity contribution in [3.63, 3.8) is 0 Å². The summed E-state index contributed by atoms with van der Waals surface area (Å²) in [6.07, 6.45) is 11.7. The number of esters is 1. The van der Waals surface area contributed by atoms with Gasteiger partial charge in [-0.25, -0.2) is 4.79 Å². The van der Waals surface area contributed by atoms with Crippen molar-refractivity contribution in [1.82, 2.24) is 0 Å². The minimum atomic E-state index is -0.726. The molecule has 2 aromatic rings. The van der Waals surface area contributed by atoms with E-state index >= 15 is 0 Å².